The van der Waals surface area contributed by atoms with Gasteiger partial charge < -0.3 is 5.32 Å². The Bertz CT molecular complexity index is 443. The molecule has 1 fully saturated rings. The number of hydrogen-bond acceptors (Lipinski definition) is 3. The van der Waals surface area contributed by atoms with E-state index in [1.165, 1.54) is 18.9 Å². The Kier molecular flexibility index (Phi) is 4.07. The summed E-state index contributed by atoms with van der Waals surface area (Å²) in [5, 5.41) is 14.6. The van der Waals surface area contributed by atoms with Crippen molar-refractivity contribution in [2.45, 2.75) is 38.6 Å². The molecule has 18 heavy (non-hydrogen) atoms. The lowest BCUT2D eigenvalue weighted by molar-refractivity contribution is -0.384. The van der Waals surface area contributed by atoms with E-state index in [4.69, 9.17) is 11.6 Å². The third-order valence-corrected chi connectivity index (χ3v) is 3.77. The highest BCUT2D eigenvalue weighted by Gasteiger charge is 2.21. The van der Waals surface area contributed by atoms with Crippen LogP contribution in [-0.2, 0) is 0 Å². The molecule has 0 aliphatic heterocycles. The van der Waals surface area contributed by atoms with Crippen molar-refractivity contribution >= 4 is 23.0 Å². The zero-order chi connectivity index (χ0) is 13.1. The van der Waals surface area contributed by atoms with Gasteiger partial charge in [0.15, 0.2) is 0 Å². The van der Waals surface area contributed by atoms with Crippen LogP contribution in [0.4, 0.5) is 11.4 Å². The second-order valence-electron chi connectivity index (χ2n) is 5.02. The lowest BCUT2D eigenvalue weighted by Gasteiger charge is -2.27. The van der Waals surface area contributed by atoms with Gasteiger partial charge in [0.05, 0.1) is 4.92 Å². The van der Waals surface area contributed by atoms with Gasteiger partial charge in [-0.15, -0.1) is 0 Å². The number of nitrogens with one attached hydrogen (secondary N) is 1. The van der Waals surface area contributed by atoms with Gasteiger partial charge in [-0.05, 0) is 43.7 Å². The van der Waals surface area contributed by atoms with Crippen LogP contribution in [-0.4, -0.2) is 11.0 Å². The molecular weight excluding hydrogens is 252 g/mol. The summed E-state index contributed by atoms with van der Waals surface area (Å²) in [5.41, 5.74) is 0.630. The van der Waals surface area contributed by atoms with Gasteiger partial charge in [-0.25, -0.2) is 0 Å². The molecule has 0 atom stereocenters. The molecule has 1 saturated carbocycles. The molecule has 0 heterocycles. The fourth-order valence-electron chi connectivity index (χ4n) is 2.40. The molecule has 0 unspecified atom stereocenters. The summed E-state index contributed by atoms with van der Waals surface area (Å²) in [4.78, 5) is 10.6. The number of hydrogen-bond donors (Lipinski definition) is 1. The van der Waals surface area contributed by atoms with Crippen LogP contribution in [0.3, 0.4) is 0 Å². The fraction of sp³-hybridized carbons (Fsp3) is 0.538. The maximum absolute atomic E-state index is 11.0. The predicted molar refractivity (Wildman–Crippen MR) is 73.1 cm³/mol. The van der Waals surface area contributed by atoms with Crippen LogP contribution in [0.2, 0.25) is 5.02 Å². The number of nitrogens with zero attached hydrogens (tertiary/aromatic N) is 1. The van der Waals surface area contributed by atoms with Crippen molar-refractivity contribution in [2.24, 2.45) is 5.92 Å². The van der Waals surface area contributed by atoms with Crippen LogP contribution in [0.5, 0.6) is 0 Å². The maximum atomic E-state index is 11.0. The second kappa shape index (κ2) is 5.57. The molecule has 0 bridgehead atoms. The Hall–Kier alpha value is -1.29. The molecule has 0 aromatic heterocycles. The van der Waals surface area contributed by atoms with Crippen molar-refractivity contribution in [3.05, 3.63) is 33.3 Å². The molecule has 98 valence electrons. The molecule has 2 rings (SSSR count). The quantitative estimate of drug-likeness (QED) is 0.659. The zero-order valence-corrected chi connectivity index (χ0v) is 11.1. The first kappa shape index (κ1) is 13.1. The fourth-order valence-corrected chi connectivity index (χ4v) is 2.57. The Labute approximate surface area is 111 Å². The predicted octanol–water partition coefficient (Wildman–Crippen LogP) is 4.24. The van der Waals surface area contributed by atoms with Crippen LogP contribution in [0.1, 0.15) is 32.6 Å². The van der Waals surface area contributed by atoms with Crippen molar-refractivity contribution in [3.63, 3.8) is 0 Å². The van der Waals surface area contributed by atoms with Gasteiger partial charge in [0.25, 0.3) is 5.69 Å². The molecule has 1 aromatic carbocycles. The van der Waals surface area contributed by atoms with Crippen LogP contribution < -0.4 is 5.32 Å². The number of benzene rings is 1. The van der Waals surface area contributed by atoms with E-state index in [1.54, 1.807) is 12.1 Å². The van der Waals surface area contributed by atoms with Gasteiger partial charge in [-0.3, -0.25) is 10.1 Å². The van der Waals surface area contributed by atoms with Gasteiger partial charge >= 0.3 is 0 Å². The average Bonchev–Trinajstić information content (AvgIpc) is 2.34. The van der Waals surface area contributed by atoms with E-state index in [0.29, 0.717) is 16.8 Å². The summed E-state index contributed by atoms with van der Waals surface area (Å²) in [6.45, 7) is 2.25. The average molecular weight is 269 g/mol. The van der Waals surface area contributed by atoms with Crippen LogP contribution in [0.15, 0.2) is 18.2 Å². The number of halogens is 1. The first-order valence-electron chi connectivity index (χ1n) is 6.26. The monoisotopic (exact) mass is 268 g/mol. The normalized spacial score (nSPS) is 23.7. The summed E-state index contributed by atoms with van der Waals surface area (Å²) in [7, 11) is 0. The van der Waals surface area contributed by atoms with Gasteiger partial charge in [-0.2, -0.15) is 0 Å². The van der Waals surface area contributed by atoms with E-state index in [-0.39, 0.29) is 10.6 Å². The number of nitro groups is 1. The minimum Gasteiger partial charge on any atom is -0.377 e. The van der Waals surface area contributed by atoms with E-state index in [1.807, 2.05) is 0 Å². The van der Waals surface area contributed by atoms with E-state index in [9.17, 15) is 10.1 Å². The SMILES string of the molecule is CC1CCC(Nc2ccc(Cl)cc2[N+](=O)[O-])CC1. The standard InChI is InChI=1S/C13H17ClN2O2/c1-9-2-5-11(6-3-9)15-12-7-4-10(14)8-13(12)16(17)18/h4,7-9,11,15H,2-3,5-6H2,1H3. The first-order chi connectivity index (χ1) is 8.56. The van der Waals surface area contributed by atoms with Gasteiger partial charge in [0.2, 0.25) is 0 Å². The van der Waals surface area contributed by atoms with Crippen molar-refractivity contribution < 1.29 is 4.92 Å². The number of nitro benzene ring substituents is 1. The molecule has 1 aromatic rings. The van der Waals surface area contributed by atoms with Gasteiger partial charge in [0, 0.05) is 17.1 Å². The molecule has 0 spiro atoms. The third-order valence-electron chi connectivity index (χ3n) is 3.53. The molecule has 0 saturated heterocycles. The first-order valence-corrected chi connectivity index (χ1v) is 6.64. The summed E-state index contributed by atoms with van der Waals surface area (Å²) in [6, 6.07) is 5.11. The lowest BCUT2D eigenvalue weighted by atomic mass is 9.87. The molecule has 0 amide bonds. The van der Waals surface area contributed by atoms with E-state index < -0.39 is 0 Å². The third kappa shape index (κ3) is 3.13. The molecular formula is C13H17ClN2O2. The Morgan fingerprint density at radius 2 is 2.00 bits per heavy atom. The topological polar surface area (TPSA) is 55.2 Å². The van der Waals surface area contributed by atoms with Crippen LogP contribution in [0.25, 0.3) is 0 Å². The van der Waals surface area contributed by atoms with E-state index in [0.717, 1.165) is 18.8 Å². The summed E-state index contributed by atoms with van der Waals surface area (Å²) in [6.07, 6.45) is 4.50. The summed E-state index contributed by atoms with van der Waals surface area (Å²) < 4.78 is 0. The number of anilines is 1. The second-order valence-corrected chi connectivity index (χ2v) is 5.46. The molecule has 5 heteroatoms. The van der Waals surface area contributed by atoms with Crippen molar-refractivity contribution in [2.75, 3.05) is 5.32 Å². The molecule has 4 nitrogen and oxygen atoms in total. The highest BCUT2D eigenvalue weighted by molar-refractivity contribution is 6.30. The molecule has 1 aliphatic carbocycles. The highest BCUT2D eigenvalue weighted by Crippen LogP contribution is 2.31. The summed E-state index contributed by atoms with van der Waals surface area (Å²) in [5.74, 6) is 0.767. The maximum Gasteiger partial charge on any atom is 0.293 e. The van der Waals surface area contributed by atoms with Crippen molar-refractivity contribution in [1.29, 1.82) is 0 Å². The molecule has 1 aliphatic rings. The molecule has 0 radical (unpaired) electrons. The van der Waals surface area contributed by atoms with Crippen molar-refractivity contribution in [1.82, 2.24) is 0 Å². The van der Waals surface area contributed by atoms with E-state index in [2.05, 4.69) is 12.2 Å². The van der Waals surface area contributed by atoms with Crippen LogP contribution >= 0.6 is 11.6 Å². The summed E-state index contributed by atoms with van der Waals surface area (Å²) >= 11 is 5.79. The minimum atomic E-state index is -0.389. The Morgan fingerprint density at radius 3 is 2.61 bits per heavy atom. The number of rotatable bonds is 3. The molecule has 1 N–H and O–H groups in total. The largest absolute Gasteiger partial charge is 0.377 e. The highest BCUT2D eigenvalue weighted by atomic mass is 35.5. The lowest BCUT2D eigenvalue weighted by Crippen LogP contribution is -2.25. The van der Waals surface area contributed by atoms with Crippen LogP contribution in [0, 0.1) is 16.0 Å². The van der Waals surface area contributed by atoms with Crippen molar-refractivity contribution in [3.8, 4) is 0 Å². The van der Waals surface area contributed by atoms with Gasteiger partial charge in [0.1, 0.15) is 5.69 Å². The zero-order valence-electron chi connectivity index (χ0n) is 10.4. The Morgan fingerprint density at radius 1 is 1.33 bits per heavy atom. The minimum absolute atomic E-state index is 0.0566. The van der Waals surface area contributed by atoms with Gasteiger partial charge in [-0.1, -0.05) is 18.5 Å². The Balaban J connectivity index is 2.11. The van der Waals surface area contributed by atoms with E-state index >= 15 is 0 Å². The smallest absolute Gasteiger partial charge is 0.293 e.